The maximum absolute atomic E-state index is 11.9. The van der Waals surface area contributed by atoms with Crippen LogP contribution in [-0.2, 0) is 0 Å². The van der Waals surface area contributed by atoms with E-state index >= 15 is 0 Å². The zero-order chi connectivity index (χ0) is 13.7. The monoisotopic (exact) mass is 264 g/mol. The molecule has 1 N–H and O–H groups in total. The second-order valence-corrected chi connectivity index (χ2v) is 4.23. The van der Waals surface area contributed by atoms with E-state index in [1.165, 1.54) is 0 Å². The lowest BCUT2D eigenvalue weighted by Gasteiger charge is -2.29. The Morgan fingerprint density at radius 2 is 2.05 bits per heavy atom. The normalized spacial score (nSPS) is 15.1. The Labute approximate surface area is 113 Å². The molecule has 1 fully saturated rings. The number of hydrogen-bond donors (Lipinski definition) is 1. The molecule has 1 aromatic carbocycles. The number of nitrogens with one attached hydrogen (secondary N) is 1. The number of hydrogen-bond acceptors (Lipinski definition) is 3. The van der Waals surface area contributed by atoms with Crippen molar-refractivity contribution in [1.82, 2.24) is 5.32 Å². The van der Waals surface area contributed by atoms with Gasteiger partial charge < -0.3 is 14.8 Å². The lowest BCUT2D eigenvalue weighted by molar-refractivity contribution is 0.242. The lowest BCUT2D eigenvalue weighted by Crippen LogP contribution is -2.46. The molecule has 5 heteroatoms. The Kier molecular flexibility index (Phi) is 4.49. The molecule has 1 saturated heterocycles. The quantitative estimate of drug-likeness (QED) is 0.888. The molecular formula is C14H20N2O3. The molecule has 104 valence electrons. The Hall–Kier alpha value is -1.91. The van der Waals surface area contributed by atoms with Crippen LogP contribution in [0.3, 0.4) is 0 Å². The molecule has 0 aliphatic carbocycles. The van der Waals surface area contributed by atoms with Crippen molar-refractivity contribution in [2.45, 2.75) is 20.3 Å². The van der Waals surface area contributed by atoms with Gasteiger partial charge in [0.2, 0.25) is 0 Å². The summed E-state index contributed by atoms with van der Waals surface area (Å²) in [6.45, 7) is 6.45. The molecule has 0 aromatic heterocycles. The van der Waals surface area contributed by atoms with Crippen LogP contribution < -0.4 is 19.7 Å². The highest BCUT2D eigenvalue weighted by Gasteiger charge is 2.22. The molecule has 0 saturated carbocycles. The molecule has 5 nitrogen and oxygen atoms in total. The van der Waals surface area contributed by atoms with Crippen LogP contribution in [0.5, 0.6) is 11.5 Å². The number of anilines is 1. The molecule has 0 bridgehead atoms. The van der Waals surface area contributed by atoms with Gasteiger partial charge >= 0.3 is 6.03 Å². The van der Waals surface area contributed by atoms with Crippen molar-refractivity contribution in [3.8, 4) is 11.5 Å². The van der Waals surface area contributed by atoms with E-state index in [2.05, 4.69) is 5.32 Å². The molecule has 0 unspecified atom stereocenters. The fourth-order valence-electron chi connectivity index (χ4n) is 2.10. The van der Waals surface area contributed by atoms with Crippen molar-refractivity contribution in [3.05, 3.63) is 18.2 Å². The lowest BCUT2D eigenvalue weighted by atomic mass is 10.2. The van der Waals surface area contributed by atoms with E-state index < -0.39 is 0 Å². The number of rotatable bonds is 5. The first kappa shape index (κ1) is 13.5. The molecule has 2 amide bonds. The number of nitrogens with zero attached hydrogens (tertiary/aromatic N) is 1. The van der Waals surface area contributed by atoms with Crippen molar-refractivity contribution in [1.29, 1.82) is 0 Å². The molecule has 0 atom stereocenters. The summed E-state index contributed by atoms with van der Waals surface area (Å²) < 4.78 is 11.1. The van der Waals surface area contributed by atoms with Crippen LogP contribution in [0.2, 0.25) is 0 Å². The van der Waals surface area contributed by atoms with Crippen molar-refractivity contribution in [3.63, 3.8) is 0 Å². The second-order valence-electron chi connectivity index (χ2n) is 4.23. The third kappa shape index (κ3) is 3.10. The van der Waals surface area contributed by atoms with E-state index in [0.717, 1.165) is 24.4 Å². The minimum Gasteiger partial charge on any atom is -0.494 e. The third-order valence-electron chi connectivity index (χ3n) is 2.91. The molecule has 0 radical (unpaired) electrons. The summed E-state index contributed by atoms with van der Waals surface area (Å²) in [6.07, 6.45) is 0.927. The first-order chi connectivity index (χ1) is 9.26. The van der Waals surface area contributed by atoms with Gasteiger partial charge in [-0.2, -0.15) is 0 Å². The summed E-state index contributed by atoms with van der Waals surface area (Å²) in [5, 5.41) is 2.84. The van der Waals surface area contributed by atoms with Gasteiger partial charge in [0.1, 0.15) is 11.5 Å². The highest BCUT2D eigenvalue weighted by atomic mass is 16.5. The average Bonchev–Trinajstić information content (AvgIpc) is 2.42. The second kappa shape index (κ2) is 6.31. The predicted octanol–water partition coefficient (Wildman–Crippen LogP) is 2.40. The van der Waals surface area contributed by atoms with Crippen LogP contribution in [0.4, 0.5) is 10.5 Å². The number of carbonyl (C=O) groups excluding carboxylic acids is 1. The number of benzene rings is 1. The maximum Gasteiger partial charge on any atom is 0.321 e. The highest BCUT2D eigenvalue weighted by Crippen LogP contribution is 2.33. The van der Waals surface area contributed by atoms with Gasteiger partial charge in [0, 0.05) is 19.2 Å². The summed E-state index contributed by atoms with van der Waals surface area (Å²) >= 11 is 0. The van der Waals surface area contributed by atoms with Crippen molar-refractivity contribution < 1.29 is 14.3 Å². The summed E-state index contributed by atoms with van der Waals surface area (Å²) in [5.41, 5.74) is 0.769. The number of amides is 2. The number of ether oxygens (including phenoxy) is 2. The molecule has 2 rings (SSSR count). The maximum atomic E-state index is 11.9. The van der Waals surface area contributed by atoms with Crippen molar-refractivity contribution in [2.75, 3.05) is 31.2 Å². The van der Waals surface area contributed by atoms with Crippen LogP contribution in [0, 0.1) is 0 Å². The summed E-state index contributed by atoms with van der Waals surface area (Å²) in [5.74, 6) is 1.46. The van der Waals surface area contributed by atoms with Gasteiger partial charge in [0.25, 0.3) is 0 Å². The van der Waals surface area contributed by atoms with Crippen LogP contribution in [0.15, 0.2) is 18.2 Å². The Balaban J connectivity index is 2.32. The van der Waals surface area contributed by atoms with E-state index in [4.69, 9.17) is 9.47 Å². The Bertz CT molecular complexity index is 448. The zero-order valence-corrected chi connectivity index (χ0v) is 11.4. The van der Waals surface area contributed by atoms with E-state index in [-0.39, 0.29) is 6.03 Å². The predicted molar refractivity (Wildman–Crippen MR) is 74.1 cm³/mol. The Morgan fingerprint density at radius 1 is 1.26 bits per heavy atom. The van der Waals surface area contributed by atoms with Crippen LogP contribution in [0.1, 0.15) is 20.3 Å². The van der Waals surface area contributed by atoms with E-state index in [1.54, 1.807) is 4.90 Å². The number of urea groups is 1. The van der Waals surface area contributed by atoms with Gasteiger partial charge in [-0.05, 0) is 32.4 Å². The highest BCUT2D eigenvalue weighted by molar-refractivity contribution is 5.94. The Morgan fingerprint density at radius 3 is 2.74 bits per heavy atom. The minimum absolute atomic E-state index is 0.0825. The van der Waals surface area contributed by atoms with E-state index in [1.807, 2.05) is 32.0 Å². The van der Waals surface area contributed by atoms with E-state index in [9.17, 15) is 4.79 Å². The van der Waals surface area contributed by atoms with Gasteiger partial charge in [-0.3, -0.25) is 4.90 Å². The van der Waals surface area contributed by atoms with Gasteiger partial charge in [-0.25, -0.2) is 4.79 Å². The molecule has 1 heterocycles. The molecule has 1 aliphatic heterocycles. The minimum atomic E-state index is -0.0825. The fourth-order valence-corrected chi connectivity index (χ4v) is 2.10. The van der Waals surface area contributed by atoms with Gasteiger partial charge in [-0.15, -0.1) is 0 Å². The topological polar surface area (TPSA) is 50.8 Å². The first-order valence-corrected chi connectivity index (χ1v) is 6.71. The molecular weight excluding hydrogens is 244 g/mol. The SMILES string of the molecule is CCOc1ccc(OCC)c(N2CCCNC2=O)c1. The van der Waals surface area contributed by atoms with Crippen LogP contribution in [-0.4, -0.2) is 32.3 Å². The first-order valence-electron chi connectivity index (χ1n) is 6.71. The van der Waals surface area contributed by atoms with Crippen molar-refractivity contribution >= 4 is 11.7 Å². The van der Waals surface area contributed by atoms with Crippen molar-refractivity contribution in [2.24, 2.45) is 0 Å². The smallest absolute Gasteiger partial charge is 0.321 e. The van der Waals surface area contributed by atoms with E-state index in [0.29, 0.717) is 25.5 Å². The largest absolute Gasteiger partial charge is 0.494 e. The average molecular weight is 264 g/mol. The number of carbonyl (C=O) groups is 1. The molecule has 0 spiro atoms. The molecule has 1 aliphatic rings. The summed E-state index contributed by atoms with van der Waals surface area (Å²) in [7, 11) is 0. The third-order valence-corrected chi connectivity index (χ3v) is 2.91. The zero-order valence-electron chi connectivity index (χ0n) is 11.4. The molecule has 19 heavy (non-hydrogen) atoms. The summed E-state index contributed by atoms with van der Waals surface area (Å²) in [4.78, 5) is 13.6. The molecule has 1 aromatic rings. The van der Waals surface area contributed by atoms with Gasteiger partial charge in [0.05, 0.1) is 18.9 Å². The van der Waals surface area contributed by atoms with Gasteiger partial charge in [-0.1, -0.05) is 0 Å². The van der Waals surface area contributed by atoms with Crippen LogP contribution >= 0.6 is 0 Å². The van der Waals surface area contributed by atoms with Crippen LogP contribution in [0.25, 0.3) is 0 Å². The van der Waals surface area contributed by atoms with Gasteiger partial charge in [0.15, 0.2) is 0 Å². The summed E-state index contributed by atoms with van der Waals surface area (Å²) in [6, 6.07) is 5.49. The fraction of sp³-hybridized carbons (Fsp3) is 0.500. The standard InChI is InChI=1S/C14H20N2O3/c1-3-18-11-6-7-13(19-4-2)12(10-11)16-9-5-8-15-14(16)17/h6-7,10H,3-5,8-9H2,1-2H3,(H,15,17).